The van der Waals surface area contributed by atoms with Gasteiger partial charge in [0.2, 0.25) is 0 Å². The standard InChI is InChI=1S/C40H74O3Si2/c1-29(19-17-25-38(9,10)41)34-23-24-35-31(20-18-26-39(34,35)11)21-22-32-27-33(42-44(13,14)36(3,4)5)28-40(12,30(32)2)43-45(15,16)37(6,7)8/h21-22,29,33-35,41H,2,17-20,23-28H2,1,3-16H3/t29-,33?,34?,35?,39+,40-/m0/s1. The lowest BCUT2D eigenvalue weighted by atomic mass is 9.60. The van der Waals surface area contributed by atoms with Crippen molar-refractivity contribution in [3.8, 4) is 0 Å². The van der Waals surface area contributed by atoms with Crippen LogP contribution in [0, 0.1) is 23.2 Å². The van der Waals surface area contributed by atoms with Gasteiger partial charge in [0.1, 0.15) is 0 Å². The summed E-state index contributed by atoms with van der Waals surface area (Å²) in [6, 6.07) is 0. The number of rotatable bonds is 10. The maximum Gasteiger partial charge on any atom is 0.193 e. The lowest BCUT2D eigenvalue weighted by Gasteiger charge is -2.50. The van der Waals surface area contributed by atoms with E-state index in [2.05, 4.69) is 101 Å². The minimum Gasteiger partial charge on any atom is -0.413 e. The van der Waals surface area contributed by atoms with Gasteiger partial charge >= 0.3 is 0 Å². The van der Waals surface area contributed by atoms with Crippen LogP contribution in [0.1, 0.15) is 140 Å². The number of allylic oxidation sites excluding steroid dienone is 3. The molecule has 0 aromatic rings. The molecule has 45 heavy (non-hydrogen) atoms. The van der Waals surface area contributed by atoms with Gasteiger partial charge in [-0.15, -0.1) is 0 Å². The van der Waals surface area contributed by atoms with Gasteiger partial charge in [0.25, 0.3) is 0 Å². The third kappa shape index (κ3) is 8.96. The summed E-state index contributed by atoms with van der Waals surface area (Å²) in [7, 11) is -4.00. The van der Waals surface area contributed by atoms with E-state index in [1.807, 2.05) is 13.8 Å². The van der Waals surface area contributed by atoms with Crippen molar-refractivity contribution in [2.75, 3.05) is 0 Å². The van der Waals surface area contributed by atoms with Crippen LogP contribution < -0.4 is 0 Å². The fourth-order valence-corrected chi connectivity index (χ4v) is 11.5. The van der Waals surface area contributed by atoms with Crippen molar-refractivity contribution in [3.63, 3.8) is 0 Å². The third-order valence-corrected chi connectivity index (χ3v) is 22.4. The molecule has 0 heterocycles. The molecule has 0 spiro atoms. The summed E-state index contributed by atoms with van der Waals surface area (Å²) in [4.78, 5) is 0. The van der Waals surface area contributed by atoms with Gasteiger partial charge in [0, 0.05) is 6.42 Å². The Morgan fingerprint density at radius 2 is 1.56 bits per heavy atom. The molecule has 0 radical (unpaired) electrons. The Kier molecular flexibility index (Phi) is 11.6. The lowest BCUT2D eigenvalue weighted by Crippen LogP contribution is -2.54. The van der Waals surface area contributed by atoms with E-state index >= 15 is 0 Å². The molecule has 3 saturated carbocycles. The molecule has 3 unspecified atom stereocenters. The Morgan fingerprint density at radius 3 is 2.11 bits per heavy atom. The fourth-order valence-electron chi connectivity index (χ4n) is 8.48. The molecule has 260 valence electrons. The molecule has 3 nitrogen and oxygen atoms in total. The van der Waals surface area contributed by atoms with Crippen molar-refractivity contribution in [2.24, 2.45) is 23.2 Å². The minimum atomic E-state index is -2.04. The first kappa shape index (κ1) is 39.0. The predicted octanol–water partition coefficient (Wildman–Crippen LogP) is 12.2. The highest BCUT2D eigenvalue weighted by atomic mass is 28.4. The molecule has 5 heteroatoms. The van der Waals surface area contributed by atoms with Crippen LogP contribution in [0.15, 0.2) is 35.5 Å². The molecule has 3 rings (SSSR count). The van der Waals surface area contributed by atoms with E-state index in [4.69, 9.17) is 15.4 Å². The van der Waals surface area contributed by atoms with Crippen LogP contribution in [-0.2, 0) is 8.85 Å². The zero-order valence-electron chi connectivity index (χ0n) is 32.5. The molecule has 1 N–H and O–H groups in total. The Hall–Kier alpha value is -0.466. The maximum atomic E-state index is 10.3. The Bertz CT molecular complexity index is 1110. The molecule has 6 atom stereocenters. The van der Waals surface area contributed by atoms with Gasteiger partial charge in [-0.1, -0.05) is 92.5 Å². The van der Waals surface area contributed by atoms with Crippen LogP contribution in [0.5, 0.6) is 0 Å². The third-order valence-electron chi connectivity index (χ3n) is 13.3. The highest BCUT2D eigenvalue weighted by molar-refractivity contribution is 6.74. The first-order valence-electron chi connectivity index (χ1n) is 18.4. The summed E-state index contributed by atoms with van der Waals surface area (Å²) in [6.45, 7) is 39.6. The van der Waals surface area contributed by atoms with Crippen LogP contribution in [0.25, 0.3) is 0 Å². The lowest BCUT2D eigenvalue weighted by molar-refractivity contribution is 0.0336. The van der Waals surface area contributed by atoms with Crippen LogP contribution in [0.2, 0.25) is 36.3 Å². The molecule has 3 fully saturated rings. The van der Waals surface area contributed by atoms with Crippen LogP contribution in [-0.4, -0.2) is 39.0 Å². The second kappa shape index (κ2) is 13.4. The molecule has 3 aliphatic rings. The summed E-state index contributed by atoms with van der Waals surface area (Å²) in [6.07, 6.45) is 16.7. The Morgan fingerprint density at radius 1 is 0.956 bits per heavy atom. The van der Waals surface area contributed by atoms with Crippen molar-refractivity contribution in [1.29, 1.82) is 0 Å². The molecule has 0 aromatic carbocycles. The van der Waals surface area contributed by atoms with E-state index in [1.54, 1.807) is 5.57 Å². The van der Waals surface area contributed by atoms with E-state index in [0.29, 0.717) is 17.3 Å². The number of aliphatic hydroxyl groups is 1. The maximum absolute atomic E-state index is 10.3. The van der Waals surface area contributed by atoms with E-state index < -0.39 is 27.8 Å². The molecule has 0 saturated heterocycles. The Labute approximate surface area is 282 Å². The monoisotopic (exact) mass is 659 g/mol. The van der Waals surface area contributed by atoms with E-state index in [-0.39, 0.29) is 16.2 Å². The van der Waals surface area contributed by atoms with Crippen LogP contribution in [0.3, 0.4) is 0 Å². The normalized spacial score (nSPS) is 33.2. The van der Waals surface area contributed by atoms with Gasteiger partial charge in [0.15, 0.2) is 16.6 Å². The second-order valence-electron chi connectivity index (χ2n) is 19.7. The molecule has 0 amide bonds. The highest BCUT2D eigenvalue weighted by Gasteiger charge is 2.51. The summed E-state index contributed by atoms with van der Waals surface area (Å²) >= 11 is 0. The predicted molar refractivity (Wildman–Crippen MR) is 201 cm³/mol. The molecule has 0 bridgehead atoms. The SMILES string of the molecule is C=C1C(=CC=C2CCC[C@@]3(C)C2CCC3[C@@H](C)CCCC(C)(C)O)CC(O[Si](C)(C)C(C)(C)C)C[C@]1(C)O[Si](C)(C)C(C)(C)C. The van der Waals surface area contributed by atoms with Gasteiger partial charge < -0.3 is 14.0 Å². The average Bonchev–Trinajstić information content (AvgIpc) is 3.20. The van der Waals surface area contributed by atoms with Gasteiger partial charge in [-0.3, -0.25) is 0 Å². The smallest absolute Gasteiger partial charge is 0.193 e. The van der Waals surface area contributed by atoms with E-state index in [1.165, 1.54) is 49.7 Å². The van der Waals surface area contributed by atoms with Gasteiger partial charge in [-0.05, 0) is 136 Å². The summed E-state index contributed by atoms with van der Waals surface area (Å²) in [5, 5.41) is 10.6. The molecule has 3 aliphatic carbocycles. The van der Waals surface area contributed by atoms with Gasteiger partial charge in [-0.25, -0.2) is 0 Å². The van der Waals surface area contributed by atoms with Crippen molar-refractivity contribution < 1.29 is 14.0 Å². The molecular formula is C40H74O3Si2. The van der Waals surface area contributed by atoms with Crippen molar-refractivity contribution >= 4 is 16.6 Å². The molecule has 0 aliphatic heterocycles. The first-order valence-corrected chi connectivity index (χ1v) is 24.2. The summed E-state index contributed by atoms with van der Waals surface area (Å²) in [5.74, 6) is 2.16. The average molecular weight is 659 g/mol. The number of fused-ring (bicyclic) bond motifs is 1. The number of hydrogen-bond donors (Lipinski definition) is 1. The van der Waals surface area contributed by atoms with Gasteiger partial charge in [-0.2, -0.15) is 0 Å². The largest absolute Gasteiger partial charge is 0.413 e. The summed E-state index contributed by atoms with van der Waals surface area (Å²) < 4.78 is 14.4. The van der Waals surface area contributed by atoms with E-state index in [0.717, 1.165) is 31.6 Å². The zero-order chi connectivity index (χ0) is 34.4. The Balaban J connectivity index is 1.91. The van der Waals surface area contributed by atoms with Crippen molar-refractivity contribution in [2.45, 2.75) is 194 Å². The minimum absolute atomic E-state index is 0.131. The van der Waals surface area contributed by atoms with Crippen molar-refractivity contribution in [3.05, 3.63) is 35.5 Å². The number of hydrogen-bond acceptors (Lipinski definition) is 3. The van der Waals surface area contributed by atoms with Crippen molar-refractivity contribution in [1.82, 2.24) is 0 Å². The first-order chi connectivity index (χ1) is 20.2. The quantitative estimate of drug-likeness (QED) is 0.237. The van der Waals surface area contributed by atoms with Gasteiger partial charge in [0.05, 0.1) is 17.3 Å². The van der Waals surface area contributed by atoms with Crippen LogP contribution in [0.4, 0.5) is 0 Å². The second-order valence-corrected chi connectivity index (χ2v) is 29.2. The van der Waals surface area contributed by atoms with Crippen LogP contribution >= 0.6 is 0 Å². The highest BCUT2D eigenvalue weighted by Crippen LogP contribution is 2.60. The topological polar surface area (TPSA) is 38.7 Å². The fraction of sp³-hybridized carbons (Fsp3) is 0.850. The molecule has 0 aromatic heterocycles. The zero-order valence-corrected chi connectivity index (χ0v) is 34.5. The molecular weight excluding hydrogens is 585 g/mol. The van der Waals surface area contributed by atoms with E-state index in [9.17, 15) is 5.11 Å². The summed E-state index contributed by atoms with van der Waals surface area (Å²) in [5.41, 5.74) is 3.57.